The highest BCUT2D eigenvalue weighted by atomic mass is 19.4. The number of H-pyrrole nitrogens is 2. The molecule has 0 aliphatic rings. The van der Waals surface area contributed by atoms with E-state index in [2.05, 4.69) is 9.97 Å². The number of aromatic nitrogens is 2. The fourth-order valence-corrected chi connectivity index (χ4v) is 2.54. The molecule has 122 valence electrons. The molecule has 0 amide bonds. The molecule has 0 spiro atoms. The van der Waals surface area contributed by atoms with Gasteiger partial charge in [0.2, 0.25) is 5.56 Å². The van der Waals surface area contributed by atoms with E-state index in [4.69, 9.17) is 0 Å². The van der Waals surface area contributed by atoms with E-state index < -0.39 is 41.1 Å². The van der Waals surface area contributed by atoms with Crippen molar-refractivity contribution in [1.29, 1.82) is 0 Å². The van der Waals surface area contributed by atoms with Crippen LogP contribution >= 0.6 is 0 Å². The maximum absolute atomic E-state index is 13.4. The maximum atomic E-state index is 13.4. The third-order valence-electron chi connectivity index (χ3n) is 3.36. The molecule has 23 heavy (non-hydrogen) atoms. The smallest absolute Gasteiger partial charge is 0.358 e. The molecule has 0 aliphatic carbocycles. The number of benzene rings is 1. The average Bonchev–Trinajstić information content (AvgIpc) is 2.71. The predicted molar refractivity (Wildman–Crippen MR) is 71.2 cm³/mol. The first-order valence-electron chi connectivity index (χ1n) is 6.36. The minimum atomic E-state index is -4.83. The third kappa shape index (κ3) is 2.90. The van der Waals surface area contributed by atoms with Crippen molar-refractivity contribution in [3.8, 4) is 0 Å². The minimum absolute atomic E-state index is 0.0215. The highest BCUT2D eigenvalue weighted by Crippen LogP contribution is 2.39. The molecule has 0 atom stereocenters. The van der Waals surface area contributed by atoms with Gasteiger partial charge >= 0.3 is 12.4 Å². The van der Waals surface area contributed by atoms with E-state index in [0.717, 1.165) is 18.2 Å². The zero-order chi connectivity index (χ0) is 17.0. The molecule has 2 aromatic heterocycles. The van der Waals surface area contributed by atoms with Crippen LogP contribution in [0.5, 0.6) is 0 Å². The molecule has 3 aromatic rings. The van der Waals surface area contributed by atoms with Crippen molar-refractivity contribution >= 4 is 21.8 Å². The molecule has 2 heterocycles. The lowest BCUT2D eigenvalue weighted by Crippen LogP contribution is -2.13. The standard InChI is InChI=1S/C14H8F6N2O/c15-13(16,17)5-7-2-1-6-3-9-8(4-10(23)22-9)11(12(6)21-7)14(18,19)20/h1-4,21H,5H2,(H,22,23). The summed E-state index contributed by atoms with van der Waals surface area (Å²) in [6, 6.07) is 4.30. The number of hydrogen-bond donors (Lipinski definition) is 2. The monoisotopic (exact) mass is 334 g/mol. The lowest BCUT2D eigenvalue weighted by molar-refractivity contribution is -0.135. The summed E-state index contributed by atoms with van der Waals surface area (Å²) in [5.41, 5.74) is -2.77. The molecule has 9 heteroatoms. The first-order chi connectivity index (χ1) is 10.5. The van der Waals surface area contributed by atoms with Gasteiger partial charge in [-0.2, -0.15) is 26.3 Å². The Bertz CT molecular complexity index is 948. The number of halogens is 6. The maximum Gasteiger partial charge on any atom is 0.419 e. The zero-order valence-electron chi connectivity index (χ0n) is 11.2. The van der Waals surface area contributed by atoms with E-state index in [0.29, 0.717) is 0 Å². The summed E-state index contributed by atoms with van der Waals surface area (Å²) in [5, 5.41) is -0.326. The van der Waals surface area contributed by atoms with E-state index in [1.807, 2.05) is 0 Å². The number of rotatable bonds is 1. The quantitative estimate of drug-likeness (QED) is 0.646. The lowest BCUT2D eigenvalue weighted by atomic mass is 10.0. The first-order valence-corrected chi connectivity index (χ1v) is 6.36. The Morgan fingerprint density at radius 2 is 1.65 bits per heavy atom. The third-order valence-corrected chi connectivity index (χ3v) is 3.36. The van der Waals surface area contributed by atoms with Gasteiger partial charge in [0.1, 0.15) is 0 Å². The van der Waals surface area contributed by atoms with Crippen LogP contribution in [0, 0.1) is 0 Å². The Balaban J connectivity index is 2.37. The van der Waals surface area contributed by atoms with Gasteiger partial charge in [0, 0.05) is 28.0 Å². The summed E-state index contributed by atoms with van der Waals surface area (Å²) in [6.45, 7) is 0. The van der Waals surface area contributed by atoms with Crippen molar-refractivity contribution in [2.45, 2.75) is 18.8 Å². The van der Waals surface area contributed by atoms with Gasteiger partial charge in [-0.15, -0.1) is 0 Å². The summed E-state index contributed by atoms with van der Waals surface area (Å²) in [6.07, 6.45) is -10.8. The molecule has 0 radical (unpaired) electrons. The van der Waals surface area contributed by atoms with Crippen LogP contribution in [0.3, 0.4) is 0 Å². The zero-order valence-corrected chi connectivity index (χ0v) is 11.2. The van der Waals surface area contributed by atoms with Crippen LogP contribution in [0.25, 0.3) is 21.8 Å². The summed E-state index contributed by atoms with van der Waals surface area (Å²) >= 11 is 0. The van der Waals surface area contributed by atoms with Crippen molar-refractivity contribution in [3.63, 3.8) is 0 Å². The second-order valence-corrected chi connectivity index (χ2v) is 5.08. The Hall–Kier alpha value is -2.45. The average molecular weight is 334 g/mol. The Labute approximate surface area is 123 Å². The molecular weight excluding hydrogens is 326 g/mol. The molecule has 3 rings (SSSR count). The molecule has 0 saturated heterocycles. The predicted octanol–water partition coefficient (Wildman–Crippen LogP) is 4.13. The Kier molecular flexibility index (Phi) is 3.20. The number of fused-ring (bicyclic) bond motifs is 2. The highest BCUT2D eigenvalue weighted by Gasteiger charge is 2.36. The van der Waals surface area contributed by atoms with Gasteiger partial charge < -0.3 is 9.97 Å². The molecule has 0 unspecified atom stereocenters. The van der Waals surface area contributed by atoms with Crippen LogP contribution in [-0.2, 0) is 12.6 Å². The Morgan fingerprint density at radius 3 is 2.26 bits per heavy atom. The van der Waals surface area contributed by atoms with Gasteiger partial charge in [0.15, 0.2) is 0 Å². The summed E-state index contributed by atoms with van der Waals surface area (Å²) in [7, 11) is 0. The Morgan fingerprint density at radius 1 is 0.957 bits per heavy atom. The summed E-state index contributed by atoms with van der Waals surface area (Å²) < 4.78 is 77.4. The number of nitrogens with one attached hydrogen (secondary N) is 2. The molecule has 3 nitrogen and oxygen atoms in total. The van der Waals surface area contributed by atoms with Gasteiger partial charge in [-0.1, -0.05) is 6.07 Å². The SMILES string of the molecule is O=c1cc2c(C(F)(F)F)c3[nH]c(CC(F)(F)F)ccc3cc2[nH]1. The van der Waals surface area contributed by atoms with Crippen LogP contribution in [0.4, 0.5) is 26.3 Å². The van der Waals surface area contributed by atoms with Gasteiger partial charge in [0.25, 0.3) is 0 Å². The molecule has 2 N–H and O–H groups in total. The van der Waals surface area contributed by atoms with Crippen molar-refractivity contribution < 1.29 is 26.3 Å². The lowest BCUT2D eigenvalue weighted by Gasteiger charge is -2.14. The van der Waals surface area contributed by atoms with E-state index in [1.165, 1.54) is 6.07 Å². The van der Waals surface area contributed by atoms with E-state index in [1.54, 1.807) is 0 Å². The van der Waals surface area contributed by atoms with Crippen molar-refractivity contribution in [1.82, 2.24) is 9.97 Å². The summed E-state index contributed by atoms with van der Waals surface area (Å²) in [4.78, 5) is 15.8. The fourth-order valence-electron chi connectivity index (χ4n) is 2.54. The topological polar surface area (TPSA) is 48.6 Å². The molecule has 1 aromatic carbocycles. The number of aromatic amines is 2. The molecule has 0 aliphatic heterocycles. The van der Waals surface area contributed by atoms with E-state index in [9.17, 15) is 31.1 Å². The van der Waals surface area contributed by atoms with Crippen molar-refractivity contribution in [3.05, 3.63) is 45.9 Å². The van der Waals surface area contributed by atoms with Crippen LogP contribution in [0.2, 0.25) is 0 Å². The summed E-state index contributed by atoms with van der Waals surface area (Å²) in [5.74, 6) is 0. The van der Waals surface area contributed by atoms with Crippen LogP contribution in [0.1, 0.15) is 11.3 Å². The second-order valence-electron chi connectivity index (χ2n) is 5.08. The minimum Gasteiger partial charge on any atom is -0.358 e. The number of alkyl halides is 6. The molecule has 0 saturated carbocycles. The van der Waals surface area contributed by atoms with Gasteiger partial charge in [-0.05, 0) is 12.1 Å². The van der Waals surface area contributed by atoms with Crippen LogP contribution in [-0.4, -0.2) is 16.1 Å². The second kappa shape index (κ2) is 4.77. The van der Waals surface area contributed by atoms with Crippen molar-refractivity contribution in [2.24, 2.45) is 0 Å². The number of pyridine rings is 1. The van der Waals surface area contributed by atoms with E-state index in [-0.39, 0.29) is 16.3 Å². The molecular formula is C14H8F6N2O. The highest BCUT2D eigenvalue weighted by molar-refractivity contribution is 5.99. The van der Waals surface area contributed by atoms with Gasteiger partial charge in [-0.25, -0.2) is 0 Å². The van der Waals surface area contributed by atoms with Crippen molar-refractivity contribution in [2.75, 3.05) is 0 Å². The normalized spacial score (nSPS) is 13.1. The molecule has 0 fully saturated rings. The van der Waals surface area contributed by atoms with Gasteiger partial charge in [0.05, 0.1) is 17.5 Å². The fraction of sp³-hybridized carbons (Fsp3) is 0.214. The van der Waals surface area contributed by atoms with Crippen LogP contribution in [0.15, 0.2) is 29.1 Å². The van der Waals surface area contributed by atoms with E-state index >= 15 is 0 Å². The number of hydrogen-bond acceptors (Lipinski definition) is 1. The van der Waals surface area contributed by atoms with Gasteiger partial charge in [-0.3, -0.25) is 4.79 Å². The van der Waals surface area contributed by atoms with Crippen LogP contribution < -0.4 is 5.56 Å². The molecule has 0 bridgehead atoms. The first kappa shape index (κ1) is 15.4. The largest absolute Gasteiger partial charge is 0.419 e.